The van der Waals surface area contributed by atoms with Gasteiger partial charge in [0.25, 0.3) is 5.91 Å². The summed E-state index contributed by atoms with van der Waals surface area (Å²) in [7, 11) is 0. The number of benzene rings is 3. The number of rotatable bonds is 3. The third kappa shape index (κ3) is 3.92. The van der Waals surface area contributed by atoms with E-state index in [1.54, 1.807) is 4.90 Å². The van der Waals surface area contributed by atoms with Gasteiger partial charge in [0.2, 0.25) is 0 Å². The van der Waals surface area contributed by atoms with Crippen LogP contribution in [-0.2, 0) is 6.42 Å². The van der Waals surface area contributed by atoms with Crippen molar-refractivity contribution in [2.24, 2.45) is 0 Å². The minimum absolute atomic E-state index is 0.0225. The monoisotopic (exact) mass is 399 g/mol. The largest absolute Gasteiger partial charge is 0.323 e. The second-order valence-corrected chi connectivity index (χ2v) is 7.74. The third-order valence-corrected chi connectivity index (χ3v) is 5.64. The van der Waals surface area contributed by atoms with E-state index in [2.05, 4.69) is 10.6 Å². The summed E-state index contributed by atoms with van der Waals surface area (Å²) >= 11 is 0. The van der Waals surface area contributed by atoms with E-state index in [9.17, 15) is 9.59 Å². The fourth-order valence-corrected chi connectivity index (χ4v) is 3.69. The van der Waals surface area contributed by atoms with E-state index in [0.717, 1.165) is 40.0 Å². The maximum atomic E-state index is 13.0. The quantitative estimate of drug-likeness (QED) is 0.614. The van der Waals surface area contributed by atoms with Crippen molar-refractivity contribution in [3.8, 4) is 0 Å². The topological polar surface area (TPSA) is 61.4 Å². The van der Waals surface area contributed by atoms with Crippen molar-refractivity contribution >= 4 is 29.0 Å². The average molecular weight is 399 g/mol. The molecule has 0 spiro atoms. The van der Waals surface area contributed by atoms with Crippen LogP contribution < -0.4 is 15.5 Å². The number of hydrogen-bond acceptors (Lipinski definition) is 2. The molecular formula is C25H25N3O2. The molecule has 3 aromatic rings. The van der Waals surface area contributed by atoms with Gasteiger partial charge in [-0.2, -0.15) is 0 Å². The maximum Gasteiger partial charge on any atom is 0.323 e. The molecule has 3 amide bonds. The normalized spacial score (nSPS) is 12.4. The zero-order chi connectivity index (χ0) is 21.3. The van der Waals surface area contributed by atoms with Crippen molar-refractivity contribution in [1.82, 2.24) is 0 Å². The number of urea groups is 1. The Kier molecular flexibility index (Phi) is 5.27. The SMILES string of the molecule is Cc1ccc(C(=O)N2CCc3ccc(NC(=O)Nc4cccc(C)c4C)cc32)cc1. The molecule has 0 radical (unpaired) electrons. The van der Waals surface area contributed by atoms with E-state index in [-0.39, 0.29) is 11.9 Å². The molecule has 0 aromatic heterocycles. The summed E-state index contributed by atoms with van der Waals surface area (Å²) in [6.07, 6.45) is 0.807. The zero-order valence-electron chi connectivity index (χ0n) is 17.5. The zero-order valence-corrected chi connectivity index (χ0v) is 17.5. The first-order valence-electron chi connectivity index (χ1n) is 10.1. The van der Waals surface area contributed by atoms with E-state index in [0.29, 0.717) is 17.8 Å². The summed E-state index contributed by atoms with van der Waals surface area (Å²) in [6.45, 7) is 6.63. The molecule has 0 saturated carbocycles. The van der Waals surface area contributed by atoms with Gasteiger partial charge in [-0.15, -0.1) is 0 Å². The van der Waals surface area contributed by atoms with Gasteiger partial charge in [0, 0.05) is 29.2 Å². The van der Waals surface area contributed by atoms with Crippen molar-refractivity contribution < 1.29 is 9.59 Å². The average Bonchev–Trinajstić information content (AvgIpc) is 3.14. The Morgan fingerprint density at radius 1 is 0.900 bits per heavy atom. The van der Waals surface area contributed by atoms with E-state index < -0.39 is 0 Å². The number of hydrogen-bond donors (Lipinski definition) is 2. The van der Waals surface area contributed by atoms with E-state index in [1.165, 1.54) is 0 Å². The first-order chi connectivity index (χ1) is 14.4. The van der Waals surface area contributed by atoms with Crippen molar-refractivity contribution in [1.29, 1.82) is 0 Å². The Morgan fingerprint density at radius 3 is 2.43 bits per heavy atom. The van der Waals surface area contributed by atoms with Gasteiger partial charge in [-0.05, 0) is 74.2 Å². The van der Waals surface area contributed by atoms with Crippen LogP contribution in [0.1, 0.15) is 32.6 Å². The molecule has 152 valence electrons. The lowest BCUT2D eigenvalue weighted by Gasteiger charge is -2.18. The molecule has 3 aromatic carbocycles. The second kappa shape index (κ2) is 8.03. The molecule has 1 aliphatic rings. The van der Waals surface area contributed by atoms with Gasteiger partial charge in [0.1, 0.15) is 0 Å². The predicted molar refractivity (Wildman–Crippen MR) is 122 cm³/mol. The highest BCUT2D eigenvalue weighted by atomic mass is 16.2. The number of fused-ring (bicyclic) bond motifs is 1. The van der Waals surface area contributed by atoms with Gasteiger partial charge in [-0.1, -0.05) is 35.9 Å². The highest BCUT2D eigenvalue weighted by molar-refractivity contribution is 6.08. The minimum atomic E-state index is -0.307. The molecular weight excluding hydrogens is 374 g/mol. The first kappa shape index (κ1) is 19.7. The van der Waals surface area contributed by atoms with Gasteiger partial charge in [0.15, 0.2) is 0 Å². The Bertz CT molecular complexity index is 1120. The van der Waals surface area contributed by atoms with E-state index in [4.69, 9.17) is 0 Å². The molecule has 1 heterocycles. The molecule has 1 aliphatic heterocycles. The van der Waals surface area contributed by atoms with Crippen LogP contribution >= 0.6 is 0 Å². The third-order valence-electron chi connectivity index (χ3n) is 5.64. The van der Waals surface area contributed by atoms with Crippen molar-refractivity contribution in [3.63, 3.8) is 0 Å². The van der Waals surface area contributed by atoms with Gasteiger partial charge >= 0.3 is 6.03 Å². The maximum absolute atomic E-state index is 13.0. The lowest BCUT2D eigenvalue weighted by molar-refractivity contribution is 0.0989. The number of anilines is 3. The number of amides is 3. The van der Waals surface area contributed by atoms with Crippen LogP contribution in [0.25, 0.3) is 0 Å². The number of aryl methyl sites for hydroxylation is 2. The number of nitrogens with one attached hydrogen (secondary N) is 2. The fraction of sp³-hybridized carbons (Fsp3) is 0.200. The summed E-state index contributed by atoms with van der Waals surface area (Å²) in [5.74, 6) is -0.0225. The second-order valence-electron chi connectivity index (χ2n) is 7.74. The molecule has 4 rings (SSSR count). The molecule has 0 saturated heterocycles. The number of nitrogens with zero attached hydrogens (tertiary/aromatic N) is 1. The summed E-state index contributed by atoms with van der Waals surface area (Å²) in [5.41, 5.74) is 7.34. The van der Waals surface area contributed by atoms with Crippen LogP contribution in [0, 0.1) is 20.8 Å². The van der Waals surface area contributed by atoms with Crippen LogP contribution in [0.5, 0.6) is 0 Å². The summed E-state index contributed by atoms with van der Waals surface area (Å²) < 4.78 is 0. The lowest BCUT2D eigenvalue weighted by atomic mass is 10.1. The molecule has 5 nitrogen and oxygen atoms in total. The predicted octanol–water partition coefficient (Wildman–Crippen LogP) is 5.46. The van der Waals surface area contributed by atoms with Gasteiger partial charge in [-0.25, -0.2) is 4.79 Å². The molecule has 0 bridgehead atoms. The van der Waals surface area contributed by atoms with Crippen molar-refractivity contribution in [2.75, 3.05) is 22.1 Å². The first-order valence-corrected chi connectivity index (χ1v) is 10.1. The van der Waals surface area contributed by atoms with E-state index >= 15 is 0 Å². The summed E-state index contributed by atoms with van der Waals surface area (Å²) in [6, 6.07) is 18.8. The molecule has 0 unspecified atom stereocenters. The Balaban J connectivity index is 1.51. The Hall–Kier alpha value is -3.60. The molecule has 0 aliphatic carbocycles. The van der Waals surface area contributed by atoms with Crippen LogP contribution in [0.15, 0.2) is 60.7 Å². The van der Waals surface area contributed by atoms with Crippen LogP contribution in [0.3, 0.4) is 0 Å². The molecule has 5 heteroatoms. The van der Waals surface area contributed by atoms with E-state index in [1.807, 2.05) is 81.4 Å². The molecule has 30 heavy (non-hydrogen) atoms. The summed E-state index contributed by atoms with van der Waals surface area (Å²) in [5, 5.41) is 5.79. The molecule has 0 fully saturated rings. The summed E-state index contributed by atoms with van der Waals surface area (Å²) in [4.78, 5) is 27.3. The van der Waals surface area contributed by atoms with Crippen LogP contribution in [-0.4, -0.2) is 18.5 Å². The fourth-order valence-electron chi connectivity index (χ4n) is 3.69. The van der Waals surface area contributed by atoms with Crippen molar-refractivity contribution in [2.45, 2.75) is 27.2 Å². The number of carbonyl (C=O) groups excluding carboxylic acids is 2. The Labute approximate surface area is 176 Å². The smallest absolute Gasteiger partial charge is 0.308 e. The highest BCUT2D eigenvalue weighted by Crippen LogP contribution is 2.32. The molecule has 2 N–H and O–H groups in total. The highest BCUT2D eigenvalue weighted by Gasteiger charge is 2.26. The lowest BCUT2D eigenvalue weighted by Crippen LogP contribution is -2.29. The molecule has 0 atom stereocenters. The van der Waals surface area contributed by atoms with Crippen LogP contribution in [0.2, 0.25) is 0 Å². The Morgan fingerprint density at radius 2 is 1.67 bits per heavy atom. The van der Waals surface area contributed by atoms with Gasteiger partial charge in [0.05, 0.1) is 0 Å². The minimum Gasteiger partial charge on any atom is -0.308 e. The van der Waals surface area contributed by atoms with Gasteiger partial charge in [-0.3, -0.25) is 4.79 Å². The van der Waals surface area contributed by atoms with Gasteiger partial charge < -0.3 is 15.5 Å². The standard InChI is InChI=1S/C25H25N3O2/c1-16-7-9-20(10-8-16)24(29)28-14-13-19-11-12-21(15-23(19)28)26-25(30)27-22-6-4-5-17(2)18(22)3/h4-12,15H,13-14H2,1-3H3,(H2,26,27,30). The van der Waals surface area contributed by atoms with Crippen molar-refractivity contribution in [3.05, 3.63) is 88.5 Å². The number of carbonyl (C=O) groups is 2. The van der Waals surface area contributed by atoms with Crippen LogP contribution in [0.4, 0.5) is 21.9 Å².